The molecule has 0 aliphatic heterocycles. The molecule has 2 aromatic rings. The monoisotopic (exact) mass is 281 g/mol. The fraction of sp³-hybridized carbons (Fsp3) is 0.167. The van der Waals surface area contributed by atoms with Crippen LogP contribution in [0.15, 0.2) is 29.6 Å². The number of hydrogen-bond donors (Lipinski definition) is 2. The maximum absolute atomic E-state index is 11.2. The average Bonchev–Trinajstić information content (AvgIpc) is 2.76. The van der Waals surface area contributed by atoms with Crippen molar-refractivity contribution in [1.29, 1.82) is 0 Å². The summed E-state index contributed by atoms with van der Waals surface area (Å²) in [6.07, 6.45) is 0.296. The van der Waals surface area contributed by atoms with Crippen LogP contribution in [0.5, 0.6) is 0 Å². The molecule has 6 heteroatoms. The molecule has 94 valence electrons. The Morgan fingerprint density at radius 1 is 1.50 bits per heavy atom. The number of nitrogens with one attached hydrogen (secondary N) is 2. The predicted octanol–water partition coefficient (Wildman–Crippen LogP) is 2.83. The Balaban J connectivity index is 2.04. The fourth-order valence-corrected chi connectivity index (χ4v) is 2.31. The van der Waals surface area contributed by atoms with Gasteiger partial charge in [0.15, 0.2) is 5.13 Å². The molecule has 18 heavy (non-hydrogen) atoms. The van der Waals surface area contributed by atoms with Crippen LogP contribution in [0.4, 0.5) is 10.8 Å². The Morgan fingerprint density at radius 3 is 3.06 bits per heavy atom. The van der Waals surface area contributed by atoms with E-state index in [2.05, 4.69) is 15.6 Å². The number of likely N-dealkylation sites (N-methyl/N-ethyl adjacent to an activating group) is 1. The summed E-state index contributed by atoms with van der Waals surface area (Å²) >= 11 is 7.35. The van der Waals surface area contributed by atoms with Gasteiger partial charge in [0.05, 0.1) is 12.1 Å². The third-order valence-corrected chi connectivity index (χ3v) is 3.29. The summed E-state index contributed by atoms with van der Waals surface area (Å²) in [5.41, 5.74) is 1.63. The molecule has 0 radical (unpaired) electrons. The number of carbonyl (C=O) groups excluding carboxylic acids is 1. The first-order valence-corrected chi connectivity index (χ1v) is 6.60. The number of rotatable bonds is 4. The first kappa shape index (κ1) is 12.9. The van der Waals surface area contributed by atoms with Crippen LogP contribution in [0.2, 0.25) is 5.02 Å². The molecule has 1 aromatic heterocycles. The Kier molecular flexibility index (Phi) is 4.17. The first-order valence-electron chi connectivity index (χ1n) is 5.35. The van der Waals surface area contributed by atoms with Gasteiger partial charge in [0, 0.05) is 23.1 Å². The van der Waals surface area contributed by atoms with Gasteiger partial charge in [-0.1, -0.05) is 17.7 Å². The first-order chi connectivity index (χ1) is 8.67. The second kappa shape index (κ2) is 5.84. The number of thiazole rings is 1. The molecule has 2 N–H and O–H groups in total. The Bertz CT molecular complexity index is 556. The van der Waals surface area contributed by atoms with E-state index in [1.165, 1.54) is 11.3 Å². The molecule has 1 heterocycles. The van der Waals surface area contributed by atoms with Gasteiger partial charge in [-0.25, -0.2) is 4.98 Å². The van der Waals surface area contributed by atoms with Crippen molar-refractivity contribution in [2.24, 2.45) is 0 Å². The smallest absolute Gasteiger partial charge is 0.225 e. The largest absolute Gasteiger partial charge is 0.359 e. The standard InChI is InChI=1S/C12H12ClN3OS/c1-14-11(17)6-10-7-18-12(16-10)15-9-4-2-3-8(13)5-9/h2-5,7H,6H2,1H3,(H,14,17)(H,15,16). The highest BCUT2D eigenvalue weighted by atomic mass is 35.5. The quantitative estimate of drug-likeness (QED) is 0.906. The number of anilines is 2. The molecule has 1 amide bonds. The highest BCUT2D eigenvalue weighted by Gasteiger charge is 2.06. The summed E-state index contributed by atoms with van der Waals surface area (Å²) in [4.78, 5) is 15.5. The van der Waals surface area contributed by atoms with Gasteiger partial charge >= 0.3 is 0 Å². The van der Waals surface area contributed by atoms with Gasteiger partial charge in [-0.3, -0.25) is 4.79 Å². The zero-order valence-corrected chi connectivity index (χ0v) is 11.3. The maximum Gasteiger partial charge on any atom is 0.225 e. The molecule has 2 rings (SSSR count). The van der Waals surface area contributed by atoms with Crippen molar-refractivity contribution in [3.05, 3.63) is 40.4 Å². The third kappa shape index (κ3) is 3.45. The number of hydrogen-bond acceptors (Lipinski definition) is 4. The molecule has 0 atom stereocenters. The number of amides is 1. The van der Waals surface area contributed by atoms with Crippen LogP contribution < -0.4 is 10.6 Å². The minimum absolute atomic E-state index is 0.0467. The Hall–Kier alpha value is -1.59. The van der Waals surface area contributed by atoms with Crippen molar-refractivity contribution in [3.8, 4) is 0 Å². The van der Waals surface area contributed by atoms with Gasteiger partial charge in [-0.15, -0.1) is 11.3 Å². The van der Waals surface area contributed by atoms with Crippen molar-refractivity contribution >= 4 is 39.7 Å². The van der Waals surface area contributed by atoms with Crippen molar-refractivity contribution in [2.45, 2.75) is 6.42 Å². The van der Waals surface area contributed by atoms with Gasteiger partial charge in [-0.2, -0.15) is 0 Å². The van der Waals surface area contributed by atoms with E-state index < -0.39 is 0 Å². The molecule has 0 aliphatic carbocycles. The van der Waals surface area contributed by atoms with E-state index in [0.29, 0.717) is 11.4 Å². The summed E-state index contributed by atoms with van der Waals surface area (Å²) in [5, 5.41) is 8.99. The van der Waals surface area contributed by atoms with Crippen molar-refractivity contribution in [3.63, 3.8) is 0 Å². The highest BCUT2D eigenvalue weighted by Crippen LogP contribution is 2.23. The van der Waals surface area contributed by atoms with E-state index in [1.54, 1.807) is 7.05 Å². The van der Waals surface area contributed by atoms with Crippen LogP contribution >= 0.6 is 22.9 Å². The summed E-state index contributed by atoms with van der Waals surface area (Å²) in [7, 11) is 1.61. The average molecular weight is 282 g/mol. The maximum atomic E-state index is 11.2. The van der Waals surface area contributed by atoms with Crippen LogP contribution in [0.1, 0.15) is 5.69 Å². The molecule has 0 bridgehead atoms. The van der Waals surface area contributed by atoms with E-state index in [0.717, 1.165) is 16.5 Å². The van der Waals surface area contributed by atoms with Gasteiger partial charge in [0.2, 0.25) is 5.91 Å². The SMILES string of the molecule is CNC(=O)Cc1csc(Nc2cccc(Cl)c2)n1. The predicted molar refractivity (Wildman–Crippen MR) is 74.6 cm³/mol. The molecule has 0 saturated carbocycles. The van der Waals surface area contributed by atoms with Gasteiger partial charge in [0.25, 0.3) is 0 Å². The van der Waals surface area contributed by atoms with Crippen LogP contribution in [0, 0.1) is 0 Å². The summed E-state index contributed by atoms with van der Waals surface area (Å²) in [5.74, 6) is -0.0467. The van der Waals surface area contributed by atoms with Gasteiger partial charge < -0.3 is 10.6 Å². The van der Waals surface area contributed by atoms with Crippen LogP contribution in [0.3, 0.4) is 0 Å². The summed E-state index contributed by atoms with van der Waals surface area (Å²) < 4.78 is 0. The van der Waals surface area contributed by atoms with Crippen LogP contribution in [0.25, 0.3) is 0 Å². The summed E-state index contributed by atoms with van der Waals surface area (Å²) in [6, 6.07) is 7.41. The van der Waals surface area contributed by atoms with Gasteiger partial charge in [0.1, 0.15) is 0 Å². The zero-order valence-electron chi connectivity index (χ0n) is 9.74. The van der Waals surface area contributed by atoms with E-state index in [1.807, 2.05) is 29.6 Å². The molecule has 4 nitrogen and oxygen atoms in total. The number of benzene rings is 1. The van der Waals surface area contributed by atoms with Crippen LogP contribution in [-0.4, -0.2) is 17.9 Å². The Morgan fingerprint density at radius 2 is 2.33 bits per heavy atom. The lowest BCUT2D eigenvalue weighted by molar-refractivity contribution is -0.120. The van der Waals surface area contributed by atoms with E-state index in [-0.39, 0.29) is 5.91 Å². The molecular formula is C12H12ClN3OS. The molecule has 0 spiro atoms. The minimum atomic E-state index is -0.0467. The molecule has 0 saturated heterocycles. The lowest BCUT2D eigenvalue weighted by Crippen LogP contribution is -2.20. The van der Waals surface area contributed by atoms with Crippen molar-refractivity contribution in [2.75, 3.05) is 12.4 Å². The Labute approximate surface area is 114 Å². The van der Waals surface area contributed by atoms with E-state index in [9.17, 15) is 4.79 Å². The van der Waals surface area contributed by atoms with Crippen molar-refractivity contribution < 1.29 is 4.79 Å². The minimum Gasteiger partial charge on any atom is -0.359 e. The molecule has 0 fully saturated rings. The summed E-state index contributed by atoms with van der Waals surface area (Å²) in [6.45, 7) is 0. The van der Waals surface area contributed by atoms with Crippen molar-refractivity contribution in [1.82, 2.24) is 10.3 Å². The molecule has 0 unspecified atom stereocenters. The number of halogens is 1. The van der Waals surface area contributed by atoms with E-state index in [4.69, 9.17) is 11.6 Å². The van der Waals surface area contributed by atoms with E-state index >= 15 is 0 Å². The number of nitrogens with zero attached hydrogens (tertiary/aromatic N) is 1. The molecule has 0 aliphatic rings. The second-order valence-electron chi connectivity index (χ2n) is 3.63. The normalized spacial score (nSPS) is 10.1. The lowest BCUT2D eigenvalue weighted by atomic mass is 10.3. The lowest BCUT2D eigenvalue weighted by Gasteiger charge is -2.02. The topological polar surface area (TPSA) is 54.0 Å². The molecule has 1 aromatic carbocycles. The highest BCUT2D eigenvalue weighted by molar-refractivity contribution is 7.13. The number of aromatic nitrogens is 1. The molecular weight excluding hydrogens is 270 g/mol. The van der Waals surface area contributed by atoms with Crippen LogP contribution in [-0.2, 0) is 11.2 Å². The zero-order chi connectivity index (χ0) is 13.0. The fourth-order valence-electron chi connectivity index (χ4n) is 1.39. The van der Waals surface area contributed by atoms with Gasteiger partial charge in [-0.05, 0) is 18.2 Å². The number of carbonyl (C=O) groups is 1. The third-order valence-electron chi connectivity index (χ3n) is 2.25. The second-order valence-corrected chi connectivity index (χ2v) is 4.92.